The van der Waals surface area contributed by atoms with Crippen molar-refractivity contribution in [3.63, 3.8) is 0 Å². The fraction of sp³-hybridized carbons (Fsp3) is 0.323. The van der Waals surface area contributed by atoms with E-state index in [-0.39, 0.29) is 18.6 Å². The smallest absolute Gasteiger partial charge is 0.263 e. The van der Waals surface area contributed by atoms with Gasteiger partial charge in [-0.3, -0.25) is 13.9 Å². The average molecular weight is 593 g/mol. The summed E-state index contributed by atoms with van der Waals surface area (Å²) in [5.41, 5.74) is 3.40. The topological polar surface area (TPSA) is 126 Å². The Labute approximate surface area is 246 Å². The van der Waals surface area contributed by atoms with Gasteiger partial charge in [0.2, 0.25) is 10.0 Å². The number of hydrazone groups is 1. The highest BCUT2D eigenvalue weighted by atomic mass is 32.2. The van der Waals surface area contributed by atoms with Gasteiger partial charge in [0, 0.05) is 6.04 Å². The Balaban J connectivity index is 1.29. The van der Waals surface area contributed by atoms with E-state index in [0.717, 1.165) is 36.2 Å². The van der Waals surface area contributed by atoms with Crippen LogP contribution in [0.25, 0.3) is 0 Å². The first-order chi connectivity index (χ1) is 20.2. The molecule has 1 fully saturated rings. The molecule has 0 radical (unpaired) electrons. The van der Waals surface area contributed by atoms with E-state index in [1.165, 1.54) is 19.6 Å². The lowest BCUT2D eigenvalue weighted by Crippen LogP contribution is -2.46. The van der Waals surface area contributed by atoms with E-state index in [2.05, 4.69) is 15.8 Å². The maximum absolute atomic E-state index is 12.8. The van der Waals surface area contributed by atoms with Crippen LogP contribution in [0.15, 0.2) is 84.0 Å². The Hall–Kier alpha value is -4.38. The first-order valence-corrected chi connectivity index (χ1v) is 15.7. The molecule has 0 heterocycles. The number of hydrogen-bond acceptors (Lipinski definition) is 7. The number of amides is 2. The van der Waals surface area contributed by atoms with Gasteiger partial charge >= 0.3 is 0 Å². The number of anilines is 1. The highest BCUT2D eigenvalue weighted by Crippen LogP contribution is 2.27. The van der Waals surface area contributed by atoms with Crippen LogP contribution >= 0.6 is 0 Å². The Morgan fingerprint density at radius 3 is 2.19 bits per heavy atom. The average Bonchev–Trinajstić information content (AvgIpc) is 2.98. The Bertz CT molecular complexity index is 1460. The van der Waals surface area contributed by atoms with Crippen LogP contribution in [-0.4, -0.2) is 51.4 Å². The predicted octanol–water partition coefficient (Wildman–Crippen LogP) is 4.61. The van der Waals surface area contributed by atoms with E-state index < -0.39 is 22.0 Å². The normalized spacial score (nSPS) is 14.6. The molecule has 3 aromatic carbocycles. The second-order valence-corrected chi connectivity index (χ2v) is 12.0. The molecule has 0 aromatic heterocycles. The van der Waals surface area contributed by atoms with Crippen molar-refractivity contribution >= 4 is 33.7 Å². The number of nitrogens with zero attached hydrogens (tertiary/aromatic N) is 2. The van der Waals surface area contributed by atoms with Gasteiger partial charge in [0.1, 0.15) is 23.3 Å². The molecule has 2 N–H and O–H groups in total. The van der Waals surface area contributed by atoms with Crippen molar-refractivity contribution in [2.75, 3.05) is 17.2 Å². The van der Waals surface area contributed by atoms with Gasteiger partial charge in [0.25, 0.3) is 11.8 Å². The lowest BCUT2D eigenvalue weighted by molar-refractivity contribution is -0.124. The van der Waals surface area contributed by atoms with E-state index in [4.69, 9.17) is 9.47 Å². The van der Waals surface area contributed by atoms with Crippen LogP contribution in [0.3, 0.4) is 0 Å². The zero-order valence-electron chi connectivity index (χ0n) is 23.7. The van der Waals surface area contributed by atoms with Gasteiger partial charge in [0.05, 0.1) is 18.2 Å². The molecule has 1 saturated carbocycles. The summed E-state index contributed by atoms with van der Waals surface area (Å²) in [7, 11) is -3.80. The van der Waals surface area contributed by atoms with Crippen molar-refractivity contribution in [1.82, 2.24) is 10.7 Å². The van der Waals surface area contributed by atoms with Gasteiger partial charge in [0.15, 0.2) is 6.61 Å². The molecule has 4 rings (SSSR count). The summed E-state index contributed by atoms with van der Waals surface area (Å²) in [5, 5.41) is 6.99. The number of hydrogen-bond donors (Lipinski definition) is 2. The van der Waals surface area contributed by atoms with E-state index in [0.29, 0.717) is 28.5 Å². The molecule has 0 unspecified atom stereocenters. The maximum Gasteiger partial charge on any atom is 0.263 e. The minimum absolute atomic E-state index is 0.0580. The summed E-state index contributed by atoms with van der Waals surface area (Å²) in [4.78, 5) is 25.0. The molecule has 1 aliphatic carbocycles. The SMILES string of the molecule is C[C@@H](C(=O)N/N=C\c1ccc(OCC(=O)NC2CCCCC2)cc1)N(c1ccc(Oc2ccccc2)cc1)S(C)(=O)=O. The second-order valence-electron chi connectivity index (χ2n) is 10.1. The zero-order chi connectivity index (χ0) is 30.0. The van der Waals surface area contributed by atoms with Crippen LogP contribution in [0.4, 0.5) is 5.69 Å². The molecule has 2 amide bonds. The highest BCUT2D eigenvalue weighted by molar-refractivity contribution is 7.92. The van der Waals surface area contributed by atoms with Gasteiger partial charge in [-0.15, -0.1) is 0 Å². The minimum atomic E-state index is -3.80. The quantitative estimate of drug-likeness (QED) is 0.234. The lowest BCUT2D eigenvalue weighted by Gasteiger charge is -2.27. The summed E-state index contributed by atoms with van der Waals surface area (Å²) < 4.78 is 37.6. The van der Waals surface area contributed by atoms with Gasteiger partial charge in [-0.05, 0) is 86.0 Å². The fourth-order valence-corrected chi connectivity index (χ4v) is 5.85. The lowest BCUT2D eigenvalue weighted by atomic mass is 9.95. The van der Waals surface area contributed by atoms with E-state index >= 15 is 0 Å². The number of rotatable bonds is 12. The van der Waals surface area contributed by atoms with E-state index in [9.17, 15) is 18.0 Å². The van der Waals surface area contributed by atoms with Crippen molar-refractivity contribution in [3.05, 3.63) is 84.4 Å². The van der Waals surface area contributed by atoms with Gasteiger partial charge < -0.3 is 14.8 Å². The number of ether oxygens (including phenoxy) is 2. The summed E-state index contributed by atoms with van der Waals surface area (Å²) in [6.45, 7) is 1.42. The second kappa shape index (κ2) is 14.5. The first kappa shape index (κ1) is 30.6. The molecule has 1 atom stereocenters. The molecule has 10 nitrogen and oxygen atoms in total. The number of nitrogens with one attached hydrogen (secondary N) is 2. The summed E-state index contributed by atoms with van der Waals surface area (Å²) >= 11 is 0. The molecule has 1 aliphatic rings. The van der Waals surface area contributed by atoms with Gasteiger partial charge in [-0.2, -0.15) is 5.10 Å². The molecule has 0 bridgehead atoms. The molecular weight excluding hydrogens is 556 g/mol. The van der Waals surface area contributed by atoms with E-state index in [1.807, 2.05) is 30.3 Å². The predicted molar refractivity (Wildman–Crippen MR) is 162 cm³/mol. The van der Waals surface area contributed by atoms with Crippen LogP contribution in [0.5, 0.6) is 17.2 Å². The Kier molecular flexibility index (Phi) is 10.6. The Morgan fingerprint density at radius 2 is 1.55 bits per heavy atom. The summed E-state index contributed by atoms with van der Waals surface area (Å²) in [6, 6.07) is 21.7. The Morgan fingerprint density at radius 1 is 0.929 bits per heavy atom. The molecule has 0 saturated heterocycles. The van der Waals surface area contributed by atoms with Crippen molar-refractivity contribution < 1.29 is 27.5 Å². The van der Waals surface area contributed by atoms with Crippen molar-refractivity contribution in [2.45, 2.75) is 51.1 Å². The number of benzene rings is 3. The number of sulfonamides is 1. The van der Waals surface area contributed by atoms with E-state index in [1.54, 1.807) is 48.5 Å². The van der Waals surface area contributed by atoms with Crippen LogP contribution in [0.2, 0.25) is 0 Å². The monoisotopic (exact) mass is 592 g/mol. The first-order valence-electron chi connectivity index (χ1n) is 13.9. The molecule has 0 spiro atoms. The fourth-order valence-electron chi connectivity index (χ4n) is 4.67. The van der Waals surface area contributed by atoms with Crippen LogP contribution < -0.4 is 24.5 Å². The molecular formula is C31H36N4O6S. The van der Waals surface area contributed by atoms with Crippen LogP contribution in [0.1, 0.15) is 44.6 Å². The van der Waals surface area contributed by atoms with Crippen molar-refractivity contribution in [3.8, 4) is 17.2 Å². The third-order valence-corrected chi connectivity index (χ3v) is 8.01. The third-order valence-electron chi connectivity index (χ3n) is 6.77. The summed E-state index contributed by atoms with van der Waals surface area (Å²) in [6.07, 6.45) is 8.01. The van der Waals surface area contributed by atoms with Crippen molar-refractivity contribution in [2.24, 2.45) is 5.10 Å². The molecule has 11 heteroatoms. The third kappa shape index (κ3) is 9.07. The standard InChI is InChI=1S/C31H36N4O6S/c1-23(35(42(2,38)39)26-15-19-29(20-16-26)41-28-11-7-4-8-12-28)31(37)34-32-21-24-13-17-27(18-14-24)40-22-30(36)33-25-9-5-3-6-10-25/h4,7-8,11-21,23,25H,3,5-6,9-10,22H2,1-2H3,(H,33,36)(H,34,37)/b32-21-/t23-/m0/s1. The number of carbonyl (C=O) groups is 2. The molecule has 222 valence electrons. The number of carbonyl (C=O) groups excluding carboxylic acids is 2. The maximum atomic E-state index is 12.8. The molecule has 3 aromatic rings. The summed E-state index contributed by atoms with van der Waals surface area (Å²) in [5.74, 6) is 0.969. The van der Waals surface area contributed by atoms with Gasteiger partial charge in [-0.25, -0.2) is 13.8 Å². The minimum Gasteiger partial charge on any atom is -0.484 e. The molecule has 42 heavy (non-hydrogen) atoms. The molecule has 0 aliphatic heterocycles. The van der Waals surface area contributed by atoms with Gasteiger partial charge in [-0.1, -0.05) is 37.5 Å². The highest BCUT2D eigenvalue weighted by Gasteiger charge is 2.29. The van der Waals surface area contributed by atoms with Crippen molar-refractivity contribution in [1.29, 1.82) is 0 Å². The largest absolute Gasteiger partial charge is 0.484 e. The van der Waals surface area contributed by atoms with Crippen LogP contribution in [-0.2, 0) is 19.6 Å². The number of para-hydroxylation sites is 1. The van der Waals surface area contributed by atoms with Crippen LogP contribution in [0, 0.1) is 0 Å². The zero-order valence-corrected chi connectivity index (χ0v) is 24.5.